The van der Waals surface area contributed by atoms with Gasteiger partial charge in [-0.2, -0.15) is 0 Å². The highest BCUT2D eigenvalue weighted by molar-refractivity contribution is 6.31. The van der Waals surface area contributed by atoms with E-state index in [2.05, 4.69) is 5.32 Å². The number of anilines is 1. The Kier molecular flexibility index (Phi) is 5.86. The van der Waals surface area contributed by atoms with Crippen molar-refractivity contribution in [2.75, 3.05) is 25.7 Å². The Morgan fingerprint density at radius 1 is 1.19 bits per heavy atom. The van der Waals surface area contributed by atoms with Gasteiger partial charge in [0.15, 0.2) is 0 Å². The number of methoxy groups -OCH3 is 2. The highest BCUT2D eigenvalue weighted by Crippen LogP contribution is 2.35. The Morgan fingerprint density at radius 2 is 1.93 bits per heavy atom. The molecule has 1 fully saturated rings. The predicted octanol–water partition coefficient (Wildman–Crippen LogP) is 3.03. The first-order valence-electron chi connectivity index (χ1n) is 8.56. The van der Waals surface area contributed by atoms with Crippen LogP contribution in [0.5, 0.6) is 11.5 Å². The van der Waals surface area contributed by atoms with Crippen molar-refractivity contribution in [3.05, 3.63) is 53.1 Å². The Labute approximate surface area is 163 Å². The Hall–Kier alpha value is -2.73. The zero-order chi connectivity index (χ0) is 19.4. The molecule has 1 aliphatic heterocycles. The van der Waals surface area contributed by atoms with Crippen molar-refractivity contribution in [3.8, 4) is 11.5 Å². The van der Waals surface area contributed by atoms with Crippen LogP contribution in [0.3, 0.4) is 0 Å². The van der Waals surface area contributed by atoms with Crippen molar-refractivity contribution < 1.29 is 19.1 Å². The monoisotopic (exact) mass is 388 g/mol. The minimum atomic E-state index is -0.417. The lowest BCUT2D eigenvalue weighted by atomic mass is 10.1. The van der Waals surface area contributed by atoms with Crippen LogP contribution in [-0.4, -0.2) is 32.6 Å². The minimum absolute atomic E-state index is 0.125. The second-order valence-corrected chi connectivity index (χ2v) is 6.72. The van der Waals surface area contributed by atoms with E-state index in [9.17, 15) is 9.59 Å². The van der Waals surface area contributed by atoms with E-state index < -0.39 is 5.92 Å². The number of hydrogen-bond acceptors (Lipinski definition) is 4. The molecule has 1 N–H and O–H groups in total. The van der Waals surface area contributed by atoms with Gasteiger partial charge in [0.05, 0.1) is 25.8 Å². The molecule has 1 heterocycles. The number of nitrogens with zero attached hydrogens (tertiary/aromatic N) is 1. The summed E-state index contributed by atoms with van der Waals surface area (Å²) in [7, 11) is 3.14. The first-order chi connectivity index (χ1) is 13.0. The number of ether oxygens (including phenoxy) is 2. The van der Waals surface area contributed by atoms with Gasteiger partial charge in [0.1, 0.15) is 11.5 Å². The Balaban J connectivity index is 1.64. The molecule has 1 atom stereocenters. The van der Waals surface area contributed by atoms with E-state index in [0.717, 1.165) is 11.3 Å². The highest BCUT2D eigenvalue weighted by Gasteiger charge is 2.36. The fraction of sp³-hybridized carbons (Fsp3) is 0.300. The van der Waals surface area contributed by atoms with Crippen LogP contribution in [0, 0.1) is 5.92 Å². The van der Waals surface area contributed by atoms with Gasteiger partial charge in [-0.1, -0.05) is 23.7 Å². The number of carbonyl (C=O) groups excluding carboxylic acids is 2. The van der Waals surface area contributed by atoms with Crippen LogP contribution in [0.2, 0.25) is 5.02 Å². The summed E-state index contributed by atoms with van der Waals surface area (Å²) in [5.41, 5.74) is 1.54. The van der Waals surface area contributed by atoms with Crippen molar-refractivity contribution >= 4 is 29.1 Å². The van der Waals surface area contributed by atoms with Crippen molar-refractivity contribution in [1.82, 2.24) is 5.32 Å². The summed E-state index contributed by atoms with van der Waals surface area (Å²) < 4.78 is 10.4. The van der Waals surface area contributed by atoms with Crippen LogP contribution in [-0.2, 0) is 16.1 Å². The first-order valence-corrected chi connectivity index (χ1v) is 8.94. The molecule has 1 aliphatic rings. The van der Waals surface area contributed by atoms with Crippen LogP contribution in [0.15, 0.2) is 42.5 Å². The van der Waals surface area contributed by atoms with E-state index in [0.29, 0.717) is 29.5 Å². The summed E-state index contributed by atoms with van der Waals surface area (Å²) in [5.74, 6) is 0.617. The molecule has 7 heteroatoms. The van der Waals surface area contributed by atoms with Gasteiger partial charge in [-0.3, -0.25) is 9.59 Å². The van der Waals surface area contributed by atoms with Crippen molar-refractivity contribution in [3.63, 3.8) is 0 Å². The lowest BCUT2D eigenvalue weighted by Crippen LogP contribution is -2.32. The third kappa shape index (κ3) is 4.34. The van der Waals surface area contributed by atoms with Crippen LogP contribution >= 0.6 is 11.6 Å². The van der Waals surface area contributed by atoms with Crippen LogP contribution in [0.25, 0.3) is 0 Å². The minimum Gasteiger partial charge on any atom is -0.497 e. The molecule has 2 amide bonds. The topological polar surface area (TPSA) is 67.9 Å². The molecule has 142 valence electrons. The number of halogens is 1. The quantitative estimate of drug-likeness (QED) is 0.826. The number of carbonyl (C=O) groups is 2. The number of nitrogens with one attached hydrogen (secondary N) is 1. The summed E-state index contributed by atoms with van der Waals surface area (Å²) >= 11 is 6.06. The molecular weight excluding hydrogens is 368 g/mol. The molecule has 0 bridgehead atoms. The number of benzene rings is 2. The molecule has 27 heavy (non-hydrogen) atoms. The molecule has 0 radical (unpaired) electrons. The smallest absolute Gasteiger partial charge is 0.227 e. The van der Waals surface area contributed by atoms with Gasteiger partial charge in [0.2, 0.25) is 11.8 Å². The zero-order valence-corrected chi connectivity index (χ0v) is 16.0. The maximum Gasteiger partial charge on any atom is 0.227 e. The molecule has 6 nitrogen and oxygen atoms in total. The average Bonchev–Trinajstić information content (AvgIpc) is 3.08. The van der Waals surface area contributed by atoms with Gasteiger partial charge < -0.3 is 19.7 Å². The van der Waals surface area contributed by atoms with E-state index in [1.165, 1.54) is 7.11 Å². The normalized spacial score (nSPS) is 16.3. The summed E-state index contributed by atoms with van der Waals surface area (Å²) in [6.07, 6.45) is 0.157. The van der Waals surface area contributed by atoms with Crippen LogP contribution in [0.1, 0.15) is 12.0 Å². The standard InChI is InChI=1S/C20H21ClN2O4/c1-26-16-6-3-13(4-7-16)11-22-20(25)14-9-19(24)23(12-14)17-10-15(21)5-8-18(17)27-2/h3-8,10,14H,9,11-12H2,1-2H3,(H,22,25)/t14-/m0/s1. The summed E-state index contributed by atoms with van der Waals surface area (Å²) in [6, 6.07) is 12.5. The van der Waals surface area contributed by atoms with E-state index in [1.54, 1.807) is 30.2 Å². The predicted molar refractivity (Wildman–Crippen MR) is 103 cm³/mol. The van der Waals surface area contributed by atoms with E-state index in [-0.39, 0.29) is 18.2 Å². The maximum absolute atomic E-state index is 12.5. The van der Waals surface area contributed by atoms with E-state index >= 15 is 0 Å². The second-order valence-electron chi connectivity index (χ2n) is 6.29. The zero-order valence-electron chi connectivity index (χ0n) is 15.2. The number of rotatable bonds is 6. The molecule has 3 rings (SSSR count). The third-order valence-electron chi connectivity index (χ3n) is 4.55. The Bertz CT molecular complexity index is 838. The first kappa shape index (κ1) is 19.0. The fourth-order valence-corrected chi connectivity index (χ4v) is 3.23. The average molecular weight is 389 g/mol. The summed E-state index contributed by atoms with van der Waals surface area (Å²) in [6.45, 7) is 0.692. The molecule has 0 saturated carbocycles. The van der Waals surface area contributed by atoms with Gasteiger partial charge in [-0.05, 0) is 35.9 Å². The van der Waals surface area contributed by atoms with Gasteiger partial charge in [-0.25, -0.2) is 0 Å². The van der Waals surface area contributed by atoms with E-state index in [1.807, 2.05) is 24.3 Å². The Morgan fingerprint density at radius 3 is 2.59 bits per heavy atom. The molecule has 2 aromatic rings. The molecule has 0 unspecified atom stereocenters. The fourth-order valence-electron chi connectivity index (χ4n) is 3.07. The lowest BCUT2D eigenvalue weighted by molar-refractivity contribution is -0.126. The molecule has 2 aromatic carbocycles. The number of amides is 2. The maximum atomic E-state index is 12.5. The van der Waals surface area contributed by atoms with Crippen molar-refractivity contribution in [2.24, 2.45) is 5.92 Å². The largest absolute Gasteiger partial charge is 0.497 e. The summed E-state index contributed by atoms with van der Waals surface area (Å²) in [4.78, 5) is 26.5. The molecular formula is C20H21ClN2O4. The van der Waals surface area contributed by atoms with Crippen LogP contribution < -0.4 is 19.7 Å². The van der Waals surface area contributed by atoms with Gasteiger partial charge >= 0.3 is 0 Å². The third-order valence-corrected chi connectivity index (χ3v) is 4.79. The van der Waals surface area contributed by atoms with Gasteiger partial charge in [0.25, 0.3) is 0 Å². The van der Waals surface area contributed by atoms with Crippen LogP contribution in [0.4, 0.5) is 5.69 Å². The SMILES string of the molecule is COc1ccc(CNC(=O)[C@H]2CC(=O)N(c3cc(Cl)ccc3OC)C2)cc1. The molecule has 0 aliphatic carbocycles. The molecule has 1 saturated heterocycles. The van der Waals surface area contributed by atoms with Gasteiger partial charge in [0, 0.05) is 24.5 Å². The van der Waals surface area contributed by atoms with Gasteiger partial charge in [-0.15, -0.1) is 0 Å². The van der Waals surface area contributed by atoms with Crippen molar-refractivity contribution in [1.29, 1.82) is 0 Å². The molecule has 0 aromatic heterocycles. The number of hydrogen-bond donors (Lipinski definition) is 1. The van der Waals surface area contributed by atoms with Crippen molar-refractivity contribution in [2.45, 2.75) is 13.0 Å². The highest BCUT2D eigenvalue weighted by atomic mass is 35.5. The van der Waals surface area contributed by atoms with E-state index in [4.69, 9.17) is 21.1 Å². The lowest BCUT2D eigenvalue weighted by Gasteiger charge is -2.20. The second kappa shape index (κ2) is 8.31. The summed E-state index contributed by atoms with van der Waals surface area (Å²) in [5, 5.41) is 3.40. The molecule has 0 spiro atoms.